The minimum absolute atomic E-state index is 0.284. The molecular formula is C15H14O3. The number of carboxylic acids is 1. The van der Waals surface area contributed by atoms with Crippen molar-refractivity contribution < 1.29 is 15.0 Å². The average molecular weight is 242 g/mol. The summed E-state index contributed by atoms with van der Waals surface area (Å²) in [6.45, 7) is 0. The van der Waals surface area contributed by atoms with E-state index in [4.69, 9.17) is 5.11 Å². The second kappa shape index (κ2) is 5.36. The molecule has 0 amide bonds. The number of carboxylic acid groups (broad SMARTS) is 1. The maximum atomic E-state index is 10.8. The Morgan fingerprint density at radius 1 is 1.00 bits per heavy atom. The SMILES string of the molecule is O=C(O)c1cccc(CCc2ccccc2O)c1. The molecule has 0 aromatic heterocycles. The highest BCUT2D eigenvalue weighted by Crippen LogP contribution is 2.18. The highest BCUT2D eigenvalue weighted by molar-refractivity contribution is 5.87. The molecule has 0 saturated carbocycles. The van der Waals surface area contributed by atoms with Crippen molar-refractivity contribution in [1.29, 1.82) is 0 Å². The smallest absolute Gasteiger partial charge is 0.335 e. The minimum atomic E-state index is -0.917. The Hall–Kier alpha value is -2.29. The van der Waals surface area contributed by atoms with Gasteiger partial charge >= 0.3 is 5.97 Å². The molecule has 2 rings (SSSR count). The number of aryl methyl sites for hydroxylation is 2. The van der Waals surface area contributed by atoms with E-state index < -0.39 is 5.97 Å². The lowest BCUT2D eigenvalue weighted by Crippen LogP contribution is -1.98. The lowest BCUT2D eigenvalue weighted by Gasteiger charge is -2.05. The molecule has 2 aromatic carbocycles. The Kier molecular flexibility index (Phi) is 3.63. The predicted molar refractivity (Wildman–Crippen MR) is 68.9 cm³/mol. The van der Waals surface area contributed by atoms with Gasteiger partial charge in [0.25, 0.3) is 0 Å². The average Bonchev–Trinajstić information content (AvgIpc) is 2.38. The van der Waals surface area contributed by atoms with Crippen LogP contribution >= 0.6 is 0 Å². The van der Waals surface area contributed by atoms with Crippen molar-refractivity contribution in [3.63, 3.8) is 0 Å². The Bertz CT molecular complexity index is 561. The van der Waals surface area contributed by atoms with E-state index in [2.05, 4.69) is 0 Å². The first kappa shape index (κ1) is 12.2. The van der Waals surface area contributed by atoms with Crippen LogP contribution in [0.1, 0.15) is 21.5 Å². The van der Waals surface area contributed by atoms with Crippen molar-refractivity contribution in [3.8, 4) is 5.75 Å². The summed E-state index contributed by atoms with van der Waals surface area (Å²) in [7, 11) is 0. The standard InChI is InChI=1S/C15H14O3/c16-14-7-2-1-5-12(14)9-8-11-4-3-6-13(10-11)15(17)18/h1-7,10,16H,8-9H2,(H,17,18). The molecule has 0 aliphatic rings. The van der Waals surface area contributed by atoms with Crippen LogP contribution in [0.5, 0.6) is 5.75 Å². The monoisotopic (exact) mass is 242 g/mol. The van der Waals surface area contributed by atoms with Gasteiger partial charge in [0.15, 0.2) is 0 Å². The van der Waals surface area contributed by atoms with Crippen LogP contribution in [0.3, 0.4) is 0 Å². The zero-order chi connectivity index (χ0) is 13.0. The van der Waals surface area contributed by atoms with Gasteiger partial charge < -0.3 is 10.2 Å². The van der Waals surface area contributed by atoms with Gasteiger partial charge in [0.05, 0.1) is 5.56 Å². The Balaban J connectivity index is 2.09. The van der Waals surface area contributed by atoms with E-state index in [1.165, 1.54) is 0 Å². The van der Waals surface area contributed by atoms with Gasteiger partial charge in [-0.05, 0) is 42.2 Å². The largest absolute Gasteiger partial charge is 0.508 e. The van der Waals surface area contributed by atoms with Gasteiger partial charge in [0, 0.05) is 0 Å². The van der Waals surface area contributed by atoms with Gasteiger partial charge in [-0.25, -0.2) is 4.79 Å². The summed E-state index contributed by atoms with van der Waals surface area (Å²) in [5.74, 6) is -0.633. The zero-order valence-corrected chi connectivity index (χ0v) is 9.84. The van der Waals surface area contributed by atoms with E-state index in [-0.39, 0.29) is 5.75 Å². The van der Waals surface area contributed by atoms with Crippen molar-refractivity contribution >= 4 is 5.97 Å². The molecule has 2 N–H and O–H groups in total. The molecule has 0 fully saturated rings. The fraction of sp³-hybridized carbons (Fsp3) is 0.133. The van der Waals surface area contributed by atoms with Gasteiger partial charge in [-0.15, -0.1) is 0 Å². The Morgan fingerprint density at radius 2 is 1.78 bits per heavy atom. The van der Waals surface area contributed by atoms with Crippen LogP contribution < -0.4 is 0 Å². The second-order valence-corrected chi connectivity index (χ2v) is 4.13. The Morgan fingerprint density at radius 3 is 2.50 bits per heavy atom. The van der Waals surface area contributed by atoms with E-state index in [9.17, 15) is 9.90 Å². The minimum Gasteiger partial charge on any atom is -0.508 e. The lowest BCUT2D eigenvalue weighted by atomic mass is 10.0. The first-order valence-corrected chi connectivity index (χ1v) is 5.76. The number of phenolic OH excluding ortho intramolecular Hbond substituents is 1. The van der Waals surface area contributed by atoms with E-state index in [0.717, 1.165) is 11.1 Å². The van der Waals surface area contributed by atoms with Gasteiger partial charge in [0.1, 0.15) is 5.75 Å². The number of rotatable bonds is 4. The van der Waals surface area contributed by atoms with Gasteiger partial charge in [0.2, 0.25) is 0 Å². The van der Waals surface area contributed by atoms with E-state index in [1.54, 1.807) is 30.3 Å². The topological polar surface area (TPSA) is 57.5 Å². The van der Waals surface area contributed by atoms with Crippen molar-refractivity contribution in [1.82, 2.24) is 0 Å². The first-order valence-electron chi connectivity index (χ1n) is 5.76. The third-order valence-electron chi connectivity index (χ3n) is 2.85. The molecule has 18 heavy (non-hydrogen) atoms. The normalized spacial score (nSPS) is 10.2. The number of para-hydroxylation sites is 1. The molecular weight excluding hydrogens is 228 g/mol. The number of hydrogen-bond acceptors (Lipinski definition) is 2. The highest BCUT2D eigenvalue weighted by Gasteiger charge is 2.04. The molecule has 0 aliphatic carbocycles. The molecule has 3 heteroatoms. The van der Waals surface area contributed by atoms with Crippen LogP contribution in [0, 0.1) is 0 Å². The molecule has 0 aliphatic heterocycles. The summed E-state index contributed by atoms with van der Waals surface area (Å²) >= 11 is 0. The van der Waals surface area contributed by atoms with Crippen LogP contribution in [0.2, 0.25) is 0 Å². The summed E-state index contributed by atoms with van der Waals surface area (Å²) in [4.78, 5) is 10.8. The zero-order valence-electron chi connectivity index (χ0n) is 9.84. The van der Waals surface area contributed by atoms with Crippen LogP contribution in [-0.2, 0) is 12.8 Å². The quantitative estimate of drug-likeness (QED) is 0.866. The van der Waals surface area contributed by atoms with Crippen LogP contribution in [0.15, 0.2) is 48.5 Å². The number of hydrogen-bond donors (Lipinski definition) is 2. The van der Waals surface area contributed by atoms with Crippen molar-refractivity contribution in [2.75, 3.05) is 0 Å². The van der Waals surface area contributed by atoms with Gasteiger partial charge in [-0.2, -0.15) is 0 Å². The molecule has 0 saturated heterocycles. The molecule has 2 aromatic rings. The maximum Gasteiger partial charge on any atom is 0.335 e. The molecule has 0 atom stereocenters. The third-order valence-corrected chi connectivity index (χ3v) is 2.85. The first-order chi connectivity index (χ1) is 8.66. The lowest BCUT2D eigenvalue weighted by molar-refractivity contribution is 0.0696. The third kappa shape index (κ3) is 2.88. The van der Waals surface area contributed by atoms with E-state index in [0.29, 0.717) is 18.4 Å². The highest BCUT2D eigenvalue weighted by atomic mass is 16.4. The molecule has 0 radical (unpaired) electrons. The van der Waals surface area contributed by atoms with Crippen LogP contribution in [0.4, 0.5) is 0 Å². The van der Waals surface area contributed by atoms with Gasteiger partial charge in [-0.1, -0.05) is 30.3 Å². The van der Waals surface area contributed by atoms with Crippen molar-refractivity contribution in [2.45, 2.75) is 12.8 Å². The van der Waals surface area contributed by atoms with Crippen molar-refractivity contribution in [2.24, 2.45) is 0 Å². The summed E-state index contributed by atoms with van der Waals surface area (Å²) in [6.07, 6.45) is 1.40. The number of carbonyl (C=O) groups is 1. The van der Waals surface area contributed by atoms with Crippen molar-refractivity contribution in [3.05, 3.63) is 65.2 Å². The summed E-state index contributed by atoms with van der Waals surface area (Å²) in [5, 5.41) is 18.5. The number of phenols is 1. The van der Waals surface area contributed by atoms with E-state index >= 15 is 0 Å². The van der Waals surface area contributed by atoms with Crippen LogP contribution in [0.25, 0.3) is 0 Å². The van der Waals surface area contributed by atoms with Gasteiger partial charge in [-0.3, -0.25) is 0 Å². The second-order valence-electron chi connectivity index (χ2n) is 4.13. The number of aromatic hydroxyl groups is 1. The molecule has 92 valence electrons. The molecule has 0 unspecified atom stereocenters. The summed E-state index contributed by atoms with van der Waals surface area (Å²) in [5.41, 5.74) is 2.13. The predicted octanol–water partition coefficient (Wildman–Crippen LogP) is 2.88. The van der Waals surface area contributed by atoms with E-state index in [1.807, 2.05) is 18.2 Å². The molecule has 3 nitrogen and oxygen atoms in total. The number of benzene rings is 2. The van der Waals surface area contributed by atoms with Crippen LogP contribution in [-0.4, -0.2) is 16.2 Å². The summed E-state index contributed by atoms with van der Waals surface area (Å²) in [6, 6.07) is 14.1. The Labute approximate surface area is 105 Å². The molecule has 0 spiro atoms. The molecule has 0 bridgehead atoms. The maximum absolute atomic E-state index is 10.8. The molecule has 0 heterocycles. The fourth-order valence-electron chi connectivity index (χ4n) is 1.86. The summed E-state index contributed by atoms with van der Waals surface area (Å²) < 4.78 is 0. The fourth-order valence-corrected chi connectivity index (χ4v) is 1.86. The number of aromatic carboxylic acids is 1.